The van der Waals surface area contributed by atoms with Gasteiger partial charge in [-0.25, -0.2) is 9.59 Å². The van der Waals surface area contributed by atoms with Crippen molar-refractivity contribution in [1.82, 2.24) is 0 Å². The van der Waals surface area contributed by atoms with Gasteiger partial charge in [0, 0.05) is 13.8 Å². The second-order valence-corrected chi connectivity index (χ2v) is 35.5. The summed E-state index contributed by atoms with van der Waals surface area (Å²) < 4.78 is 113. The molecule has 18 nitrogen and oxygen atoms in total. The molecule has 0 amide bonds. The Morgan fingerprint density at radius 2 is 0.476 bits per heavy atom. The number of rotatable bonds is 39. The Morgan fingerprint density at radius 1 is 0.282 bits per heavy atom. The van der Waals surface area contributed by atoms with Gasteiger partial charge < -0.3 is 42.6 Å². The highest BCUT2D eigenvalue weighted by molar-refractivity contribution is 5.87. The van der Waals surface area contributed by atoms with Gasteiger partial charge in [-0.05, 0) is 293 Å². The Kier molecular flexibility index (Phi) is 28.3. The number of hydrogen-bond acceptors (Lipinski definition) is 18. The molecule has 6 aliphatic rings. The predicted octanol–water partition coefficient (Wildman–Crippen LogP) is 18.7. The van der Waals surface area contributed by atoms with Crippen LogP contribution < -0.4 is 0 Å². The lowest BCUT2D eigenvalue weighted by atomic mass is 9.57. The van der Waals surface area contributed by atoms with Gasteiger partial charge in [0.1, 0.15) is 46.8 Å². The first kappa shape index (κ1) is 86.9. The molecule has 0 saturated heterocycles. The molecular weight excluding hydrogens is 1340 g/mol. The van der Waals surface area contributed by atoms with Crippen molar-refractivity contribution in [3.8, 4) is 0 Å². The maximum absolute atomic E-state index is 16.7. The minimum absolute atomic E-state index is 0.141. The topological polar surface area (TPSA) is 237 Å². The summed E-state index contributed by atoms with van der Waals surface area (Å²) in [6, 6.07) is 0. The van der Waals surface area contributed by atoms with Crippen LogP contribution in [0.3, 0.4) is 0 Å². The fourth-order valence-electron chi connectivity index (χ4n) is 18.9. The van der Waals surface area contributed by atoms with Gasteiger partial charge in [0.05, 0.1) is 37.9 Å². The molecule has 0 aromatic heterocycles. The quantitative estimate of drug-likeness (QED) is 0.0316. The van der Waals surface area contributed by atoms with Gasteiger partial charge >= 0.3 is 65.6 Å². The summed E-state index contributed by atoms with van der Waals surface area (Å²) in [6.45, 7) is 24.7. The monoisotopic (exact) mass is 1470 g/mol. The van der Waals surface area contributed by atoms with Crippen molar-refractivity contribution >= 4 is 53.7 Å². The zero-order chi connectivity index (χ0) is 77.2. The molecule has 103 heavy (non-hydrogen) atoms. The first-order valence-electron chi connectivity index (χ1n) is 39.4. The van der Waals surface area contributed by atoms with E-state index >= 15 is 33.6 Å². The van der Waals surface area contributed by atoms with Crippen molar-refractivity contribution in [2.45, 2.75) is 407 Å². The van der Waals surface area contributed by atoms with E-state index in [9.17, 15) is 27.2 Å². The fraction of sp³-hybridized carbons (Fsp3) is 0.889. The lowest BCUT2D eigenvalue weighted by Crippen LogP contribution is -2.53. The second kappa shape index (κ2) is 33.6. The maximum Gasteiger partial charge on any atom is 0.376 e. The van der Waals surface area contributed by atoms with Crippen molar-refractivity contribution in [3.05, 3.63) is 0 Å². The third-order valence-corrected chi connectivity index (χ3v) is 25.6. The first-order chi connectivity index (χ1) is 47.7. The van der Waals surface area contributed by atoms with Crippen LogP contribution in [-0.2, 0) is 85.8 Å². The third kappa shape index (κ3) is 21.0. The number of ether oxygens (including phenoxy) is 9. The van der Waals surface area contributed by atoms with E-state index in [0.29, 0.717) is 116 Å². The average molecular weight is 1470 g/mol. The standard InChI is InChI=1S/C81H130F4O18/c1-18-68(10,59(87)97-57(49-95-65(93)74(16,82)83)50-96-66(94)75(17,84)85)52-70(12,61(89)100-78(21-4)41-29-30-42-78)54-72(14,63(91)102-80(23-6)45-33-34-46-80)56-73(15,64(92)103-81(24-7)47-35-36-48-81)55-71(13,62(90)101-79(22-5)43-31-32-44-79)53-69(11,60(88)99-77(20-3)39-27-28-40-77)51-67(8,9)58(86)98-76(19-2)37-25-26-38-76/h57H,18-56H2,1-17H3. The molecule has 0 aromatic carbocycles. The Morgan fingerprint density at radius 3 is 0.670 bits per heavy atom. The normalized spacial score (nSPS) is 23.2. The summed E-state index contributed by atoms with van der Waals surface area (Å²) in [7, 11) is 0. The van der Waals surface area contributed by atoms with E-state index in [2.05, 4.69) is 0 Å². The van der Waals surface area contributed by atoms with Crippen LogP contribution in [0.25, 0.3) is 0 Å². The van der Waals surface area contributed by atoms with Gasteiger partial charge in [-0.3, -0.25) is 33.6 Å². The molecule has 6 rings (SSSR count). The van der Waals surface area contributed by atoms with Crippen LogP contribution in [0.2, 0.25) is 0 Å². The van der Waals surface area contributed by atoms with Gasteiger partial charge in [0.15, 0.2) is 6.10 Å². The van der Waals surface area contributed by atoms with Crippen molar-refractivity contribution in [3.63, 3.8) is 0 Å². The lowest BCUT2D eigenvalue weighted by Gasteiger charge is -2.48. The van der Waals surface area contributed by atoms with Gasteiger partial charge in [-0.15, -0.1) is 0 Å². The molecule has 0 radical (unpaired) electrons. The Hall–Kier alpha value is -5.05. The summed E-state index contributed by atoms with van der Waals surface area (Å²) in [5.74, 6) is -17.5. The molecule has 6 atom stereocenters. The summed E-state index contributed by atoms with van der Waals surface area (Å²) in [4.78, 5) is 137. The SMILES string of the molecule is CCC1(OC(=O)C(C)(C)CC(C)(CC(C)(CC(C)(CC(C)(CC(C)(CC(C)(CC)C(=O)OC(COC(=O)C(C)(F)F)COC(=O)C(C)(F)F)C(=O)OC2(CC)CCCC2)C(=O)OC2(CC)CCCC2)C(=O)OC2(CC)CCCC2)C(=O)OC2(CC)CCCC2)C(=O)OC2(CC)CCCC2)CCCC1. The zero-order valence-corrected chi connectivity index (χ0v) is 66.0. The van der Waals surface area contributed by atoms with Crippen LogP contribution in [-0.4, -0.2) is 118 Å². The summed E-state index contributed by atoms with van der Waals surface area (Å²) in [6.07, 6.45) is 14.5. The predicted molar refractivity (Wildman–Crippen MR) is 379 cm³/mol. The summed E-state index contributed by atoms with van der Waals surface area (Å²) in [5, 5.41) is 0. The van der Waals surface area contributed by atoms with Crippen LogP contribution in [0.5, 0.6) is 0 Å². The largest absolute Gasteiger partial charge is 0.459 e. The molecule has 6 saturated carbocycles. The molecule has 6 fully saturated rings. The van der Waals surface area contributed by atoms with E-state index in [1.165, 1.54) is 6.92 Å². The highest BCUT2D eigenvalue weighted by atomic mass is 19.3. The Balaban J connectivity index is 1.61. The number of halogens is 4. The number of esters is 9. The maximum atomic E-state index is 16.7. The van der Waals surface area contributed by atoms with Crippen LogP contribution in [0.4, 0.5) is 17.6 Å². The number of hydrogen-bond donors (Lipinski definition) is 0. The van der Waals surface area contributed by atoms with Gasteiger partial charge in [0.2, 0.25) is 0 Å². The molecule has 0 aliphatic heterocycles. The highest BCUT2D eigenvalue weighted by Crippen LogP contribution is 2.58. The molecule has 0 bridgehead atoms. The summed E-state index contributed by atoms with van der Waals surface area (Å²) in [5.41, 5.74) is -18.1. The molecule has 0 N–H and O–H groups in total. The van der Waals surface area contributed by atoms with E-state index in [-0.39, 0.29) is 33.1 Å². The Labute approximate surface area is 612 Å². The average Bonchev–Trinajstić information content (AvgIpc) is 1.75. The van der Waals surface area contributed by atoms with Gasteiger partial charge in [-0.1, -0.05) is 48.5 Å². The first-order valence-corrected chi connectivity index (χ1v) is 39.4. The second-order valence-electron chi connectivity index (χ2n) is 35.5. The molecule has 0 aromatic rings. The van der Waals surface area contributed by atoms with E-state index in [4.69, 9.17) is 42.6 Å². The zero-order valence-electron chi connectivity index (χ0n) is 66.0. The molecule has 6 unspecified atom stereocenters. The third-order valence-electron chi connectivity index (χ3n) is 25.6. The van der Waals surface area contributed by atoms with E-state index in [0.717, 1.165) is 77.0 Å². The van der Waals surface area contributed by atoms with Crippen molar-refractivity contribution in [2.24, 2.45) is 37.9 Å². The smallest absolute Gasteiger partial charge is 0.376 e. The van der Waals surface area contributed by atoms with Crippen LogP contribution in [0.1, 0.15) is 355 Å². The van der Waals surface area contributed by atoms with Crippen molar-refractivity contribution < 1.29 is 103 Å². The molecular formula is C81H130F4O18. The number of carbonyl (C=O) groups is 9. The lowest BCUT2D eigenvalue weighted by molar-refractivity contribution is -0.194. The van der Waals surface area contributed by atoms with Gasteiger partial charge in [0.25, 0.3) is 0 Å². The number of alkyl halides is 4. The summed E-state index contributed by atoms with van der Waals surface area (Å²) >= 11 is 0. The van der Waals surface area contributed by atoms with Crippen molar-refractivity contribution in [2.75, 3.05) is 13.2 Å². The van der Waals surface area contributed by atoms with Gasteiger partial charge in [-0.2, -0.15) is 17.6 Å². The van der Waals surface area contributed by atoms with Crippen molar-refractivity contribution in [1.29, 1.82) is 0 Å². The van der Waals surface area contributed by atoms with Crippen LogP contribution in [0.15, 0.2) is 0 Å². The van der Waals surface area contributed by atoms with E-state index in [1.807, 2.05) is 41.5 Å². The minimum Gasteiger partial charge on any atom is -0.459 e. The minimum atomic E-state index is -4.04. The fourth-order valence-corrected chi connectivity index (χ4v) is 18.9. The molecule has 0 heterocycles. The van der Waals surface area contributed by atoms with Crippen LogP contribution in [0, 0.1) is 37.9 Å². The Bertz CT molecular complexity index is 2920. The molecule has 6 aliphatic carbocycles. The highest BCUT2D eigenvalue weighted by Gasteiger charge is 2.62. The van der Waals surface area contributed by atoms with E-state index in [1.54, 1.807) is 55.4 Å². The molecule has 590 valence electrons. The number of carbonyl (C=O) groups excluding carboxylic acids is 9. The molecule has 0 spiro atoms. The molecule has 22 heteroatoms. The van der Waals surface area contributed by atoms with E-state index < -0.39 is 182 Å². The van der Waals surface area contributed by atoms with Crippen LogP contribution >= 0.6 is 0 Å².